The smallest absolute Gasteiger partial charge is 0.321 e. The van der Waals surface area contributed by atoms with Crippen LogP contribution in [0.1, 0.15) is 51.8 Å². The highest BCUT2D eigenvalue weighted by molar-refractivity contribution is 5.18. The molecule has 1 aromatic rings. The summed E-state index contributed by atoms with van der Waals surface area (Å²) in [4.78, 5) is 6.83. The van der Waals surface area contributed by atoms with Crippen LogP contribution in [0.15, 0.2) is 4.52 Å². The Morgan fingerprint density at radius 3 is 2.94 bits per heavy atom. The Morgan fingerprint density at radius 1 is 1.44 bits per heavy atom. The average molecular weight is 252 g/mol. The van der Waals surface area contributed by atoms with Crippen LogP contribution in [0.5, 0.6) is 0 Å². The predicted octanol–water partition coefficient (Wildman–Crippen LogP) is 2.48. The zero-order chi connectivity index (χ0) is 13.0. The van der Waals surface area contributed by atoms with Gasteiger partial charge in [-0.1, -0.05) is 25.4 Å². The maximum atomic E-state index is 5.15. The van der Waals surface area contributed by atoms with E-state index in [9.17, 15) is 0 Å². The summed E-state index contributed by atoms with van der Waals surface area (Å²) in [6.45, 7) is 9.55. The predicted molar refractivity (Wildman–Crippen MR) is 71.8 cm³/mol. The minimum atomic E-state index is 0.311. The molecule has 1 N–H and O–H groups in total. The summed E-state index contributed by atoms with van der Waals surface area (Å²) >= 11 is 0. The van der Waals surface area contributed by atoms with Gasteiger partial charge < -0.3 is 9.84 Å². The summed E-state index contributed by atoms with van der Waals surface area (Å²) < 4.78 is 5.15. The molecule has 1 aliphatic heterocycles. The molecule has 18 heavy (non-hydrogen) atoms. The summed E-state index contributed by atoms with van der Waals surface area (Å²) in [6.07, 6.45) is 4.01. The molecule has 2 heterocycles. The van der Waals surface area contributed by atoms with Crippen LogP contribution in [0.2, 0.25) is 0 Å². The Labute approximate surface area is 109 Å². The van der Waals surface area contributed by atoms with Crippen LogP contribution in [-0.4, -0.2) is 40.7 Å². The number of hydrogen-bond acceptors (Lipinski definition) is 5. The highest BCUT2D eigenvalue weighted by atomic mass is 16.5. The van der Waals surface area contributed by atoms with Gasteiger partial charge in [-0.3, -0.25) is 4.90 Å². The van der Waals surface area contributed by atoms with Crippen LogP contribution >= 0.6 is 0 Å². The molecular formula is C13H24N4O. The SMILES string of the molecule is CC(C)c1noc(NCCN2CCCCC2C)n1. The van der Waals surface area contributed by atoms with E-state index >= 15 is 0 Å². The van der Waals surface area contributed by atoms with Gasteiger partial charge in [0.05, 0.1) is 0 Å². The van der Waals surface area contributed by atoms with E-state index in [2.05, 4.69) is 41.1 Å². The quantitative estimate of drug-likeness (QED) is 0.872. The molecule has 0 amide bonds. The first-order valence-electron chi connectivity index (χ1n) is 6.98. The molecular weight excluding hydrogens is 228 g/mol. The van der Waals surface area contributed by atoms with Crippen molar-refractivity contribution in [3.63, 3.8) is 0 Å². The van der Waals surface area contributed by atoms with Crippen LogP contribution in [0, 0.1) is 0 Å². The number of hydrogen-bond donors (Lipinski definition) is 1. The normalized spacial score (nSPS) is 21.4. The monoisotopic (exact) mass is 252 g/mol. The second kappa shape index (κ2) is 6.18. The first-order valence-corrected chi connectivity index (χ1v) is 6.98. The van der Waals surface area contributed by atoms with Crippen molar-refractivity contribution in [2.75, 3.05) is 25.0 Å². The lowest BCUT2D eigenvalue weighted by atomic mass is 10.0. The molecule has 0 spiro atoms. The molecule has 1 atom stereocenters. The molecule has 0 aromatic carbocycles. The van der Waals surface area contributed by atoms with Gasteiger partial charge in [-0.25, -0.2) is 0 Å². The summed E-state index contributed by atoms with van der Waals surface area (Å²) in [7, 11) is 0. The summed E-state index contributed by atoms with van der Waals surface area (Å²) in [5.41, 5.74) is 0. The Balaban J connectivity index is 1.74. The largest absolute Gasteiger partial charge is 0.336 e. The fourth-order valence-electron chi connectivity index (χ4n) is 2.34. The topological polar surface area (TPSA) is 54.2 Å². The van der Waals surface area contributed by atoms with Gasteiger partial charge in [0.15, 0.2) is 5.82 Å². The van der Waals surface area contributed by atoms with Gasteiger partial charge >= 0.3 is 6.01 Å². The maximum absolute atomic E-state index is 5.15. The van der Waals surface area contributed by atoms with Crippen molar-refractivity contribution >= 4 is 6.01 Å². The fourth-order valence-corrected chi connectivity index (χ4v) is 2.34. The first kappa shape index (κ1) is 13.3. The summed E-state index contributed by atoms with van der Waals surface area (Å²) in [6, 6.07) is 1.25. The Morgan fingerprint density at radius 2 is 2.28 bits per heavy atom. The van der Waals surface area contributed by atoms with Crippen LogP contribution in [0.25, 0.3) is 0 Å². The molecule has 0 saturated carbocycles. The van der Waals surface area contributed by atoms with Crippen molar-refractivity contribution in [3.8, 4) is 0 Å². The Bertz CT molecular complexity index is 364. The molecule has 5 nitrogen and oxygen atoms in total. The van der Waals surface area contributed by atoms with E-state index in [1.165, 1.54) is 25.8 Å². The molecule has 1 aliphatic rings. The third kappa shape index (κ3) is 3.45. The second-order valence-electron chi connectivity index (χ2n) is 5.42. The van der Waals surface area contributed by atoms with Crippen LogP contribution in [0.4, 0.5) is 6.01 Å². The molecule has 5 heteroatoms. The first-order chi connectivity index (χ1) is 8.66. The zero-order valence-electron chi connectivity index (χ0n) is 11.6. The van der Waals surface area contributed by atoms with Gasteiger partial charge in [0.1, 0.15) is 0 Å². The molecule has 0 radical (unpaired) electrons. The summed E-state index contributed by atoms with van der Waals surface area (Å²) in [5.74, 6) is 1.08. The van der Waals surface area contributed by atoms with Crippen LogP contribution in [0.3, 0.4) is 0 Å². The Kier molecular flexibility index (Phi) is 4.58. The van der Waals surface area contributed by atoms with Crippen LogP contribution in [-0.2, 0) is 0 Å². The van der Waals surface area contributed by atoms with Crippen molar-refractivity contribution in [1.29, 1.82) is 0 Å². The molecule has 1 unspecified atom stereocenters. The number of aromatic nitrogens is 2. The second-order valence-corrected chi connectivity index (χ2v) is 5.42. The molecule has 1 saturated heterocycles. The van der Waals surface area contributed by atoms with Gasteiger partial charge in [-0.2, -0.15) is 4.98 Å². The molecule has 0 bridgehead atoms. The van der Waals surface area contributed by atoms with Crippen molar-refractivity contribution in [1.82, 2.24) is 15.0 Å². The molecule has 1 fully saturated rings. The van der Waals surface area contributed by atoms with E-state index in [-0.39, 0.29) is 0 Å². The van der Waals surface area contributed by atoms with E-state index in [0.29, 0.717) is 18.0 Å². The van der Waals surface area contributed by atoms with Crippen molar-refractivity contribution in [2.45, 2.75) is 52.0 Å². The lowest BCUT2D eigenvalue weighted by molar-refractivity contribution is 0.167. The number of nitrogens with one attached hydrogen (secondary N) is 1. The lowest BCUT2D eigenvalue weighted by Gasteiger charge is -2.33. The van der Waals surface area contributed by atoms with E-state index in [4.69, 9.17) is 4.52 Å². The minimum Gasteiger partial charge on any atom is -0.336 e. The average Bonchev–Trinajstić information content (AvgIpc) is 2.80. The molecule has 2 rings (SSSR count). The van der Waals surface area contributed by atoms with E-state index < -0.39 is 0 Å². The third-order valence-corrected chi connectivity index (χ3v) is 3.57. The van der Waals surface area contributed by atoms with E-state index in [0.717, 1.165) is 18.9 Å². The lowest BCUT2D eigenvalue weighted by Crippen LogP contribution is -2.40. The molecule has 1 aromatic heterocycles. The van der Waals surface area contributed by atoms with Gasteiger partial charge in [-0.05, 0) is 26.3 Å². The van der Waals surface area contributed by atoms with Gasteiger partial charge in [-0.15, -0.1) is 0 Å². The van der Waals surface area contributed by atoms with E-state index in [1.807, 2.05) is 0 Å². The van der Waals surface area contributed by atoms with Crippen molar-refractivity contribution < 1.29 is 4.52 Å². The zero-order valence-corrected chi connectivity index (χ0v) is 11.6. The molecule has 0 aliphatic carbocycles. The highest BCUT2D eigenvalue weighted by Crippen LogP contribution is 2.16. The number of nitrogens with zero attached hydrogens (tertiary/aromatic N) is 3. The highest BCUT2D eigenvalue weighted by Gasteiger charge is 2.17. The Hall–Kier alpha value is -1.10. The minimum absolute atomic E-state index is 0.311. The van der Waals surface area contributed by atoms with Crippen molar-refractivity contribution in [2.24, 2.45) is 0 Å². The number of likely N-dealkylation sites (tertiary alicyclic amines) is 1. The number of anilines is 1. The van der Waals surface area contributed by atoms with Gasteiger partial charge in [0.2, 0.25) is 0 Å². The van der Waals surface area contributed by atoms with Crippen molar-refractivity contribution in [3.05, 3.63) is 5.82 Å². The fraction of sp³-hybridized carbons (Fsp3) is 0.846. The number of piperidine rings is 1. The van der Waals surface area contributed by atoms with Gasteiger partial charge in [0, 0.05) is 25.0 Å². The maximum Gasteiger partial charge on any atom is 0.321 e. The number of rotatable bonds is 5. The van der Waals surface area contributed by atoms with Gasteiger partial charge in [0.25, 0.3) is 0 Å². The summed E-state index contributed by atoms with van der Waals surface area (Å²) in [5, 5.41) is 7.14. The molecule has 102 valence electrons. The third-order valence-electron chi connectivity index (χ3n) is 3.57. The van der Waals surface area contributed by atoms with E-state index in [1.54, 1.807) is 0 Å². The standard InChI is InChI=1S/C13H24N4O/c1-10(2)12-15-13(18-16-12)14-7-9-17-8-5-4-6-11(17)3/h10-11H,4-9H2,1-3H3,(H,14,15,16). The van der Waals surface area contributed by atoms with Crippen LogP contribution < -0.4 is 5.32 Å².